The lowest BCUT2D eigenvalue weighted by Gasteiger charge is -1.85. The first-order valence-electron chi connectivity index (χ1n) is 5.40. The summed E-state index contributed by atoms with van der Waals surface area (Å²) in [5, 5.41) is 23.4. The smallest absolute Gasteiger partial charge is 0.303 e. The van der Waals surface area contributed by atoms with E-state index in [-0.39, 0.29) is 0 Å². The second-order valence-electron chi connectivity index (χ2n) is 3.16. The van der Waals surface area contributed by atoms with Crippen LogP contribution in [0, 0.1) is 0 Å². The highest BCUT2D eigenvalue weighted by Gasteiger charge is 1.90. The Morgan fingerprint density at radius 3 is 1.24 bits per heavy atom. The van der Waals surface area contributed by atoms with Crippen LogP contribution in [0.2, 0.25) is 0 Å². The van der Waals surface area contributed by atoms with Gasteiger partial charge in [0.1, 0.15) is 0 Å². The molecule has 0 saturated carbocycles. The molecule has 0 bridgehead atoms. The molecule has 0 aliphatic carbocycles. The molecule has 0 radical (unpaired) electrons. The molecule has 3 N–H and O–H groups in total. The van der Waals surface area contributed by atoms with Crippen LogP contribution < -0.4 is 0 Å². The van der Waals surface area contributed by atoms with Crippen molar-refractivity contribution >= 4 is 17.9 Å². The van der Waals surface area contributed by atoms with E-state index >= 15 is 0 Å². The summed E-state index contributed by atoms with van der Waals surface area (Å²) in [7, 11) is 0. The number of carboxylic acid groups (broad SMARTS) is 3. The van der Waals surface area contributed by atoms with Crippen LogP contribution in [-0.4, -0.2) is 33.2 Å². The molecule has 0 atom stereocenters. The molecule has 0 rings (SSSR count). The van der Waals surface area contributed by atoms with Gasteiger partial charge in [-0.25, -0.2) is 0 Å². The summed E-state index contributed by atoms with van der Waals surface area (Å²) < 4.78 is 0. The highest BCUT2D eigenvalue weighted by molar-refractivity contribution is 5.66. The fraction of sp³-hybridized carbons (Fsp3) is 0.727. The van der Waals surface area contributed by atoms with E-state index in [2.05, 4.69) is 0 Å². The molecule has 0 saturated heterocycles. The van der Waals surface area contributed by atoms with Gasteiger partial charge in [0.25, 0.3) is 5.97 Å². The standard InChI is InChI=1S/C5H10O2.C4H8O2.C2H4O2/c1-2-3-4-5(6)7;1-2-3-4(5)6;1-2(3)4/h2-4H2,1H3,(H,6,7);2-3H2,1H3,(H,5,6);1H3,(H,3,4). The molecule has 0 aromatic carbocycles. The third-order valence-electron chi connectivity index (χ3n) is 1.21. The molecule has 0 spiro atoms. The zero-order valence-corrected chi connectivity index (χ0v) is 10.6. The second-order valence-corrected chi connectivity index (χ2v) is 3.16. The Morgan fingerprint density at radius 2 is 1.18 bits per heavy atom. The van der Waals surface area contributed by atoms with Gasteiger partial charge in [0.2, 0.25) is 0 Å². The molecule has 0 fully saturated rings. The van der Waals surface area contributed by atoms with Gasteiger partial charge in [0.05, 0.1) is 0 Å². The van der Waals surface area contributed by atoms with Crippen LogP contribution in [-0.2, 0) is 14.4 Å². The number of carboxylic acids is 3. The van der Waals surface area contributed by atoms with Gasteiger partial charge in [-0.15, -0.1) is 0 Å². The third kappa shape index (κ3) is 75.8. The van der Waals surface area contributed by atoms with Crippen molar-refractivity contribution in [1.82, 2.24) is 0 Å². The summed E-state index contributed by atoms with van der Waals surface area (Å²) in [4.78, 5) is 28.4. The molecule has 0 heterocycles. The minimum atomic E-state index is -0.833. The summed E-state index contributed by atoms with van der Waals surface area (Å²) in [5.74, 6) is -2.24. The fourth-order valence-electron chi connectivity index (χ4n) is 0.542. The van der Waals surface area contributed by atoms with Crippen molar-refractivity contribution in [1.29, 1.82) is 0 Å². The average molecular weight is 250 g/mol. The maximum atomic E-state index is 9.76. The van der Waals surface area contributed by atoms with E-state index in [0.29, 0.717) is 12.8 Å². The normalized spacial score (nSPS) is 7.94. The third-order valence-corrected chi connectivity index (χ3v) is 1.21. The van der Waals surface area contributed by atoms with Crippen molar-refractivity contribution in [3.8, 4) is 0 Å². The van der Waals surface area contributed by atoms with Crippen LogP contribution in [0.3, 0.4) is 0 Å². The Morgan fingerprint density at radius 1 is 0.824 bits per heavy atom. The summed E-state index contributed by atoms with van der Waals surface area (Å²) in [6.07, 6.45) is 3.10. The van der Waals surface area contributed by atoms with Crippen molar-refractivity contribution in [3.63, 3.8) is 0 Å². The lowest BCUT2D eigenvalue weighted by atomic mass is 10.3. The van der Waals surface area contributed by atoms with Crippen LogP contribution in [0.1, 0.15) is 52.9 Å². The molecule has 0 amide bonds. The van der Waals surface area contributed by atoms with Gasteiger partial charge in [-0.05, 0) is 12.8 Å². The summed E-state index contributed by atoms with van der Waals surface area (Å²) in [5.41, 5.74) is 0. The molecular weight excluding hydrogens is 228 g/mol. The first-order valence-corrected chi connectivity index (χ1v) is 5.40. The van der Waals surface area contributed by atoms with E-state index in [0.717, 1.165) is 26.2 Å². The molecule has 102 valence electrons. The fourth-order valence-corrected chi connectivity index (χ4v) is 0.542. The molecule has 0 unspecified atom stereocenters. The van der Waals surface area contributed by atoms with E-state index in [4.69, 9.17) is 20.1 Å². The van der Waals surface area contributed by atoms with Gasteiger partial charge in [0, 0.05) is 19.8 Å². The zero-order valence-electron chi connectivity index (χ0n) is 10.6. The minimum Gasteiger partial charge on any atom is -0.481 e. The highest BCUT2D eigenvalue weighted by atomic mass is 16.4. The van der Waals surface area contributed by atoms with E-state index in [1.165, 1.54) is 0 Å². The number of unbranched alkanes of at least 4 members (excludes halogenated alkanes) is 1. The number of hydrogen-bond acceptors (Lipinski definition) is 3. The average Bonchev–Trinajstić information content (AvgIpc) is 2.14. The number of rotatable bonds is 5. The zero-order chi connectivity index (χ0) is 14.3. The largest absolute Gasteiger partial charge is 0.481 e. The summed E-state index contributed by atoms with van der Waals surface area (Å²) in [6, 6.07) is 0. The second kappa shape index (κ2) is 16.8. The first kappa shape index (κ1) is 20.8. The van der Waals surface area contributed by atoms with Crippen molar-refractivity contribution in [3.05, 3.63) is 0 Å². The van der Waals surface area contributed by atoms with Gasteiger partial charge in [-0.1, -0.05) is 20.3 Å². The predicted molar refractivity (Wildman–Crippen MR) is 63.0 cm³/mol. The highest BCUT2D eigenvalue weighted by Crippen LogP contribution is 1.91. The molecular formula is C11H22O6. The first-order chi connectivity index (χ1) is 7.77. The van der Waals surface area contributed by atoms with Crippen molar-refractivity contribution in [2.24, 2.45) is 0 Å². The maximum absolute atomic E-state index is 9.76. The Bertz CT molecular complexity index is 208. The molecule has 0 aliphatic rings. The Labute approximate surface area is 101 Å². The lowest BCUT2D eigenvalue weighted by Crippen LogP contribution is -1.91. The van der Waals surface area contributed by atoms with Gasteiger partial charge in [0.15, 0.2) is 0 Å². The number of hydrogen-bond donors (Lipinski definition) is 3. The van der Waals surface area contributed by atoms with Crippen molar-refractivity contribution < 1.29 is 29.7 Å². The Balaban J connectivity index is -0.000000180. The van der Waals surface area contributed by atoms with Gasteiger partial charge < -0.3 is 15.3 Å². The number of carbonyl (C=O) groups is 3. The van der Waals surface area contributed by atoms with E-state index < -0.39 is 17.9 Å². The van der Waals surface area contributed by atoms with E-state index in [9.17, 15) is 9.59 Å². The van der Waals surface area contributed by atoms with Crippen LogP contribution in [0.5, 0.6) is 0 Å². The monoisotopic (exact) mass is 250 g/mol. The molecule has 6 nitrogen and oxygen atoms in total. The Kier molecular flexibility index (Phi) is 20.6. The predicted octanol–water partition coefficient (Wildman–Crippen LogP) is 2.22. The summed E-state index contributed by atoms with van der Waals surface area (Å²) >= 11 is 0. The topological polar surface area (TPSA) is 112 Å². The molecule has 0 aromatic rings. The molecule has 17 heavy (non-hydrogen) atoms. The molecule has 0 aromatic heterocycles. The molecule has 6 heteroatoms. The van der Waals surface area contributed by atoms with Crippen LogP contribution in [0.25, 0.3) is 0 Å². The van der Waals surface area contributed by atoms with Crippen LogP contribution in [0.4, 0.5) is 0 Å². The van der Waals surface area contributed by atoms with E-state index in [1.807, 2.05) is 13.8 Å². The lowest BCUT2D eigenvalue weighted by molar-refractivity contribution is -0.138. The van der Waals surface area contributed by atoms with Gasteiger partial charge in [-0.2, -0.15) is 0 Å². The number of aliphatic carboxylic acids is 3. The maximum Gasteiger partial charge on any atom is 0.303 e. The minimum absolute atomic E-state index is 0.292. The van der Waals surface area contributed by atoms with Gasteiger partial charge >= 0.3 is 11.9 Å². The van der Waals surface area contributed by atoms with Crippen molar-refractivity contribution in [2.45, 2.75) is 52.9 Å². The van der Waals surface area contributed by atoms with E-state index in [1.54, 1.807) is 0 Å². The molecule has 0 aliphatic heterocycles. The summed E-state index contributed by atoms with van der Waals surface area (Å²) in [6.45, 7) is 4.90. The quantitative estimate of drug-likeness (QED) is 0.689. The van der Waals surface area contributed by atoms with Gasteiger partial charge in [-0.3, -0.25) is 14.4 Å². The Hall–Kier alpha value is -1.59. The van der Waals surface area contributed by atoms with Crippen LogP contribution >= 0.6 is 0 Å². The van der Waals surface area contributed by atoms with Crippen LogP contribution in [0.15, 0.2) is 0 Å². The van der Waals surface area contributed by atoms with Crippen molar-refractivity contribution in [2.75, 3.05) is 0 Å². The SMILES string of the molecule is CC(=O)O.CCCC(=O)O.CCCCC(=O)O.